The normalized spacial score (nSPS) is 20.6. The van der Waals surface area contributed by atoms with Crippen LogP contribution in [0.5, 0.6) is 0 Å². The molecule has 0 radical (unpaired) electrons. The summed E-state index contributed by atoms with van der Waals surface area (Å²) in [4.78, 5) is 9.54. The Balaban J connectivity index is 1.85. The quantitative estimate of drug-likeness (QED) is 0.473. The molecule has 0 amide bonds. The molecule has 2 atom stereocenters. The van der Waals surface area contributed by atoms with E-state index in [4.69, 9.17) is 4.42 Å². The molecule has 2 heterocycles. The van der Waals surface area contributed by atoms with Crippen LogP contribution in [0.2, 0.25) is 0 Å². The van der Waals surface area contributed by atoms with Gasteiger partial charge in [0.1, 0.15) is 11.4 Å². The van der Waals surface area contributed by atoms with Crippen molar-refractivity contribution in [3.63, 3.8) is 0 Å². The van der Waals surface area contributed by atoms with Crippen LogP contribution in [0, 0.1) is 0 Å². The Bertz CT molecular complexity index is 536. The first kappa shape index (κ1) is 20.7. The van der Waals surface area contributed by atoms with Crippen LogP contribution >= 0.6 is 0 Å². The fraction of sp³-hybridized carbons (Fsp3) is 0.737. The fourth-order valence-electron chi connectivity index (χ4n) is 3.13. The number of aliphatic imine (C=N–C) groups is 1. The third-order valence-electron chi connectivity index (χ3n) is 4.98. The van der Waals surface area contributed by atoms with Crippen molar-refractivity contribution in [1.29, 1.82) is 0 Å². The van der Waals surface area contributed by atoms with Gasteiger partial charge in [-0.25, -0.2) is 4.99 Å². The van der Waals surface area contributed by atoms with E-state index in [1.807, 2.05) is 6.92 Å². The molecule has 0 aromatic carbocycles. The van der Waals surface area contributed by atoms with Gasteiger partial charge in [0.05, 0.1) is 12.8 Å². The summed E-state index contributed by atoms with van der Waals surface area (Å²) in [6.07, 6.45) is 1.57. The van der Waals surface area contributed by atoms with Gasteiger partial charge in [-0.2, -0.15) is 0 Å². The summed E-state index contributed by atoms with van der Waals surface area (Å²) in [5, 5.41) is 17.2. The molecule has 7 heteroatoms. The van der Waals surface area contributed by atoms with Crippen molar-refractivity contribution >= 4 is 5.96 Å². The van der Waals surface area contributed by atoms with E-state index in [1.54, 1.807) is 25.3 Å². The van der Waals surface area contributed by atoms with Gasteiger partial charge in [0.25, 0.3) is 0 Å². The molecule has 0 aliphatic carbocycles. The molecule has 1 aromatic rings. The van der Waals surface area contributed by atoms with E-state index in [0.29, 0.717) is 11.8 Å². The van der Waals surface area contributed by atoms with Crippen LogP contribution in [-0.4, -0.2) is 79.3 Å². The Morgan fingerprint density at radius 3 is 2.62 bits per heavy atom. The van der Waals surface area contributed by atoms with Crippen LogP contribution in [0.15, 0.2) is 27.8 Å². The zero-order valence-electron chi connectivity index (χ0n) is 16.7. The summed E-state index contributed by atoms with van der Waals surface area (Å²) in [7, 11) is 0. The van der Waals surface area contributed by atoms with Crippen LogP contribution in [0.1, 0.15) is 33.5 Å². The first-order valence-corrected chi connectivity index (χ1v) is 9.71. The lowest BCUT2D eigenvalue weighted by atomic mass is 10.0. The number of hydrogen-bond donors (Lipinski definition) is 3. The minimum atomic E-state index is -1.12. The minimum absolute atomic E-state index is 0.236. The van der Waals surface area contributed by atoms with Gasteiger partial charge < -0.3 is 25.1 Å². The predicted octanol–water partition coefficient (Wildman–Crippen LogP) is 1.07. The van der Waals surface area contributed by atoms with E-state index in [2.05, 4.69) is 39.3 Å². The molecule has 0 spiro atoms. The van der Waals surface area contributed by atoms with E-state index in [-0.39, 0.29) is 6.54 Å². The summed E-state index contributed by atoms with van der Waals surface area (Å²) in [5.41, 5.74) is -1.12. The molecule has 148 valence electrons. The third-order valence-corrected chi connectivity index (χ3v) is 4.98. The Kier molecular flexibility index (Phi) is 7.93. The van der Waals surface area contributed by atoms with E-state index < -0.39 is 5.60 Å². The second-order valence-electron chi connectivity index (χ2n) is 7.15. The molecule has 1 aliphatic heterocycles. The SMILES string of the molecule is CCNC(=NCC(C)(O)c1ccco1)NCC(C)N1CCN(CC)CC1. The Labute approximate surface area is 157 Å². The van der Waals surface area contributed by atoms with E-state index in [1.165, 1.54) is 0 Å². The van der Waals surface area contributed by atoms with Gasteiger partial charge in [0, 0.05) is 45.3 Å². The van der Waals surface area contributed by atoms with Crippen molar-refractivity contribution in [2.24, 2.45) is 4.99 Å². The Hall–Kier alpha value is -1.57. The second-order valence-corrected chi connectivity index (χ2v) is 7.15. The summed E-state index contributed by atoms with van der Waals surface area (Å²) in [6.45, 7) is 15.7. The highest BCUT2D eigenvalue weighted by Crippen LogP contribution is 2.21. The summed E-state index contributed by atoms with van der Waals surface area (Å²) >= 11 is 0. The zero-order chi connectivity index (χ0) is 19.0. The van der Waals surface area contributed by atoms with E-state index >= 15 is 0 Å². The topological polar surface area (TPSA) is 76.3 Å². The largest absolute Gasteiger partial charge is 0.466 e. The number of furan rings is 1. The molecule has 7 nitrogen and oxygen atoms in total. The van der Waals surface area contributed by atoms with Crippen LogP contribution in [0.25, 0.3) is 0 Å². The number of aliphatic hydroxyl groups is 1. The van der Waals surface area contributed by atoms with Gasteiger partial charge in [-0.15, -0.1) is 0 Å². The molecule has 1 fully saturated rings. The lowest BCUT2D eigenvalue weighted by Gasteiger charge is -2.37. The van der Waals surface area contributed by atoms with Crippen molar-refractivity contribution in [3.8, 4) is 0 Å². The maximum absolute atomic E-state index is 10.6. The highest BCUT2D eigenvalue weighted by atomic mass is 16.4. The molecule has 1 aliphatic rings. The molecule has 1 aromatic heterocycles. The maximum Gasteiger partial charge on any atom is 0.191 e. The van der Waals surface area contributed by atoms with Gasteiger partial charge in [-0.3, -0.25) is 4.90 Å². The predicted molar refractivity (Wildman–Crippen MR) is 105 cm³/mol. The van der Waals surface area contributed by atoms with Gasteiger partial charge >= 0.3 is 0 Å². The molecule has 0 saturated carbocycles. The molecule has 1 saturated heterocycles. The van der Waals surface area contributed by atoms with E-state index in [9.17, 15) is 5.11 Å². The summed E-state index contributed by atoms with van der Waals surface area (Å²) in [6, 6.07) is 3.98. The van der Waals surface area contributed by atoms with Crippen molar-refractivity contribution < 1.29 is 9.52 Å². The smallest absolute Gasteiger partial charge is 0.191 e. The standard InChI is InChI=1S/C19H35N5O2/c1-5-20-18(22-15-19(4,25)17-8-7-13-26-17)21-14-16(3)24-11-9-23(6-2)10-12-24/h7-8,13,16,25H,5-6,9-12,14-15H2,1-4H3,(H2,20,21,22). The van der Waals surface area contributed by atoms with E-state index in [0.717, 1.165) is 51.8 Å². The number of rotatable bonds is 8. The van der Waals surface area contributed by atoms with Gasteiger partial charge in [0.15, 0.2) is 5.96 Å². The summed E-state index contributed by atoms with van der Waals surface area (Å²) < 4.78 is 5.32. The van der Waals surface area contributed by atoms with Crippen molar-refractivity contribution in [1.82, 2.24) is 20.4 Å². The van der Waals surface area contributed by atoms with Gasteiger partial charge in [-0.1, -0.05) is 6.92 Å². The number of guanidine groups is 1. The monoisotopic (exact) mass is 365 g/mol. The van der Waals surface area contributed by atoms with Gasteiger partial charge in [-0.05, 0) is 39.4 Å². The number of nitrogens with one attached hydrogen (secondary N) is 2. The highest BCUT2D eigenvalue weighted by molar-refractivity contribution is 5.79. The maximum atomic E-state index is 10.6. The lowest BCUT2D eigenvalue weighted by Crippen LogP contribution is -2.53. The Morgan fingerprint density at radius 1 is 1.31 bits per heavy atom. The lowest BCUT2D eigenvalue weighted by molar-refractivity contribution is 0.0436. The molecule has 3 N–H and O–H groups in total. The number of nitrogens with zero attached hydrogens (tertiary/aromatic N) is 3. The number of likely N-dealkylation sites (N-methyl/N-ethyl adjacent to an activating group) is 1. The van der Waals surface area contributed by atoms with Crippen LogP contribution in [-0.2, 0) is 5.60 Å². The highest BCUT2D eigenvalue weighted by Gasteiger charge is 2.26. The average molecular weight is 366 g/mol. The first-order valence-electron chi connectivity index (χ1n) is 9.71. The van der Waals surface area contributed by atoms with Crippen LogP contribution < -0.4 is 10.6 Å². The van der Waals surface area contributed by atoms with Crippen LogP contribution in [0.4, 0.5) is 0 Å². The Morgan fingerprint density at radius 2 is 2.04 bits per heavy atom. The number of hydrogen-bond acceptors (Lipinski definition) is 5. The third kappa shape index (κ3) is 6.00. The molecule has 2 unspecified atom stereocenters. The summed E-state index contributed by atoms with van der Waals surface area (Å²) in [5.74, 6) is 1.25. The van der Waals surface area contributed by atoms with Crippen molar-refractivity contribution in [2.45, 2.75) is 39.3 Å². The first-order chi connectivity index (χ1) is 12.5. The van der Waals surface area contributed by atoms with Gasteiger partial charge in [0.2, 0.25) is 0 Å². The minimum Gasteiger partial charge on any atom is -0.466 e. The molecular formula is C19H35N5O2. The van der Waals surface area contributed by atoms with Crippen LogP contribution in [0.3, 0.4) is 0 Å². The zero-order valence-corrected chi connectivity index (χ0v) is 16.7. The van der Waals surface area contributed by atoms with Crippen molar-refractivity contribution in [2.75, 3.05) is 52.4 Å². The van der Waals surface area contributed by atoms with Crippen molar-refractivity contribution in [3.05, 3.63) is 24.2 Å². The fourth-order valence-corrected chi connectivity index (χ4v) is 3.13. The molecular weight excluding hydrogens is 330 g/mol. The molecule has 26 heavy (non-hydrogen) atoms. The molecule has 2 rings (SSSR count). The average Bonchev–Trinajstić information content (AvgIpc) is 3.19. The molecule has 0 bridgehead atoms. The number of piperazine rings is 1. The second kappa shape index (κ2) is 9.94.